The number of amides is 1. The number of rotatable bonds is 16. The molecule has 45 heavy (non-hydrogen) atoms. The molecule has 0 N–H and O–H groups in total. The minimum atomic E-state index is -0.824. The van der Waals surface area contributed by atoms with E-state index in [1.807, 2.05) is 13.8 Å². The van der Waals surface area contributed by atoms with Crippen molar-refractivity contribution in [2.24, 2.45) is 0 Å². The van der Waals surface area contributed by atoms with Crippen molar-refractivity contribution in [2.75, 3.05) is 36.6 Å². The van der Waals surface area contributed by atoms with Crippen LogP contribution in [0.15, 0.2) is 65.6 Å². The van der Waals surface area contributed by atoms with Gasteiger partial charge in [0, 0.05) is 59.5 Å². The Hall–Kier alpha value is -3.92. The normalized spacial score (nSPS) is 11.1. The summed E-state index contributed by atoms with van der Waals surface area (Å²) < 4.78 is 47.6. The Morgan fingerprint density at radius 3 is 2.07 bits per heavy atom. The molecule has 0 saturated heterocycles. The van der Waals surface area contributed by atoms with Crippen LogP contribution in [0.25, 0.3) is 16.6 Å². The Morgan fingerprint density at radius 2 is 1.44 bits per heavy atom. The first-order chi connectivity index (χ1) is 21.8. The maximum Gasteiger partial charge on any atom is 0.263 e. The van der Waals surface area contributed by atoms with Gasteiger partial charge in [0.25, 0.3) is 5.91 Å². The molecule has 1 amide bonds. The molecule has 240 valence electrons. The van der Waals surface area contributed by atoms with Gasteiger partial charge in [-0.1, -0.05) is 35.2 Å². The van der Waals surface area contributed by atoms with Crippen LogP contribution in [0.4, 0.5) is 14.5 Å². The van der Waals surface area contributed by atoms with Crippen LogP contribution in [0.5, 0.6) is 17.2 Å². The van der Waals surface area contributed by atoms with Crippen LogP contribution >= 0.6 is 15.9 Å². The van der Waals surface area contributed by atoms with Gasteiger partial charge in [-0.2, -0.15) is 0 Å². The zero-order valence-electron chi connectivity index (χ0n) is 25.9. The van der Waals surface area contributed by atoms with Crippen molar-refractivity contribution in [3.05, 3.63) is 88.2 Å². The number of ether oxygens (including phenoxy) is 3. The lowest BCUT2D eigenvalue weighted by Gasteiger charge is -2.22. The monoisotopic (exact) mass is 684 g/mol. The van der Waals surface area contributed by atoms with Gasteiger partial charge in [-0.3, -0.25) is 9.59 Å². The number of benzene rings is 3. The Labute approximate surface area is 270 Å². The number of fused-ring (bicyclic) bond motifs is 1. The van der Waals surface area contributed by atoms with Crippen LogP contribution in [0.3, 0.4) is 0 Å². The van der Waals surface area contributed by atoms with Crippen LogP contribution in [-0.4, -0.2) is 42.2 Å². The van der Waals surface area contributed by atoms with Gasteiger partial charge in [0.05, 0.1) is 31.0 Å². The Morgan fingerprint density at radius 1 is 0.800 bits per heavy atom. The van der Waals surface area contributed by atoms with Crippen molar-refractivity contribution in [1.82, 2.24) is 4.57 Å². The molecule has 0 unspecified atom stereocenters. The predicted molar refractivity (Wildman–Crippen MR) is 178 cm³/mol. The molecular weight excluding hydrogens is 646 g/mol. The first-order valence-electron chi connectivity index (χ1n) is 15.4. The molecule has 0 atom stereocenters. The molecule has 3 aromatic carbocycles. The van der Waals surface area contributed by atoms with E-state index in [0.29, 0.717) is 48.3 Å². The van der Waals surface area contributed by atoms with Gasteiger partial charge in [-0.15, -0.1) is 0 Å². The third-order valence-electron chi connectivity index (χ3n) is 7.24. The van der Waals surface area contributed by atoms with Gasteiger partial charge in [-0.25, -0.2) is 8.78 Å². The van der Waals surface area contributed by atoms with E-state index in [4.69, 9.17) is 14.2 Å². The second kappa shape index (κ2) is 16.4. The summed E-state index contributed by atoms with van der Waals surface area (Å²) in [6.45, 7) is 6.88. The lowest BCUT2D eigenvalue weighted by Crippen LogP contribution is -2.35. The number of hydrogen-bond donors (Lipinski definition) is 0. The second-order valence-electron chi connectivity index (χ2n) is 10.4. The SMILES string of the molecule is CCOc1cc(OCC)cc(-n2cc(C(=O)N(CC)c3cc(F)cc(F)c3)c(=O)c3ccc(OCCCCCCCBr)cc32)c1. The first-order valence-corrected chi connectivity index (χ1v) is 16.5. The first kappa shape index (κ1) is 34.0. The molecule has 0 fully saturated rings. The molecule has 7 nitrogen and oxygen atoms in total. The minimum Gasteiger partial charge on any atom is -0.494 e. The van der Waals surface area contributed by atoms with E-state index >= 15 is 0 Å². The van der Waals surface area contributed by atoms with Crippen LogP contribution < -0.4 is 24.5 Å². The van der Waals surface area contributed by atoms with Crippen molar-refractivity contribution in [1.29, 1.82) is 0 Å². The topological polar surface area (TPSA) is 70.0 Å². The van der Waals surface area contributed by atoms with E-state index in [0.717, 1.165) is 49.2 Å². The molecule has 10 heteroatoms. The summed E-state index contributed by atoms with van der Waals surface area (Å²) in [5.74, 6) is -0.641. The van der Waals surface area contributed by atoms with Crippen LogP contribution in [0, 0.1) is 11.6 Å². The fourth-order valence-corrected chi connectivity index (χ4v) is 5.55. The number of nitrogens with zero attached hydrogens (tertiary/aromatic N) is 2. The molecule has 4 aromatic rings. The van der Waals surface area contributed by atoms with Gasteiger partial charge >= 0.3 is 0 Å². The summed E-state index contributed by atoms with van der Waals surface area (Å²) in [5, 5.41) is 1.29. The third-order valence-corrected chi connectivity index (χ3v) is 7.80. The number of alkyl halides is 1. The molecule has 0 radical (unpaired) electrons. The smallest absolute Gasteiger partial charge is 0.263 e. The summed E-state index contributed by atoms with van der Waals surface area (Å²) in [5.41, 5.74) is 0.449. The van der Waals surface area contributed by atoms with Crippen molar-refractivity contribution < 1.29 is 27.8 Å². The summed E-state index contributed by atoms with van der Waals surface area (Å²) in [7, 11) is 0. The summed E-state index contributed by atoms with van der Waals surface area (Å²) in [6.07, 6.45) is 6.88. The maximum absolute atomic E-state index is 14.1. The van der Waals surface area contributed by atoms with Crippen LogP contribution in [0.2, 0.25) is 0 Å². The number of hydrogen-bond acceptors (Lipinski definition) is 5. The molecular formula is C35H39BrF2N2O5. The molecule has 0 spiro atoms. The highest BCUT2D eigenvalue weighted by Gasteiger charge is 2.24. The van der Waals surface area contributed by atoms with Gasteiger partial charge in [0.1, 0.15) is 34.4 Å². The number of halogens is 3. The second-order valence-corrected chi connectivity index (χ2v) is 11.2. The third kappa shape index (κ3) is 8.63. The molecule has 4 rings (SSSR count). The van der Waals surface area contributed by atoms with Crippen molar-refractivity contribution in [2.45, 2.75) is 52.9 Å². The van der Waals surface area contributed by atoms with E-state index < -0.39 is 23.0 Å². The van der Waals surface area contributed by atoms with Crippen molar-refractivity contribution in [3.63, 3.8) is 0 Å². The number of unbranched alkanes of at least 4 members (excludes halogenated alkanes) is 4. The number of pyridine rings is 1. The van der Waals surface area contributed by atoms with E-state index in [2.05, 4.69) is 15.9 Å². The van der Waals surface area contributed by atoms with E-state index in [1.54, 1.807) is 47.9 Å². The Bertz CT molecular complexity index is 1630. The molecule has 0 aliphatic heterocycles. The fourth-order valence-electron chi connectivity index (χ4n) is 5.16. The molecule has 0 saturated carbocycles. The van der Waals surface area contributed by atoms with Crippen LogP contribution in [0.1, 0.15) is 63.2 Å². The van der Waals surface area contributed by atoms with Gasteiger partial charge in [0.2, 0.25) is 5.43 Å². The van der Waals surface area contributed by atoms with Crippen molar-refractivity contribution in [3.8, 4) is 22.9 Å². The van der Waals surface area contributed by atoms with E-state index in [-0.39, 0.29) is 23.2 Å². The lowest BCUT2D eigenvalue weighted by atomic mass is 10.1. The molecule has 1 aromatic heterocycles. The van der Waals surface area contributed by atoms with Crippen molar-refractivity contribution >= 4 is 38.4 Å². The van der Waals surface area contributed by atoms with E-state index in [1.165, 1.54) is 17.5 Å². The fraction of sp³-hybridized carbons (Fsp3) is 0.371. The highest BCUT2D eigenvalue weighted by atomic mass is 79.9. The van der Waals surface area contributed by atoms with E-state index in [9.17, 15) is 18.4 Å². The zero-order chi connectivity index (χ0) is 32.3. The minimum absolute atomic E-state index is 0.0129. The van der Waals surface area contributed by atoms with Gasteiger partial charge in [0.15, 0.2) is 0 Å². The molecule has 0 bridgehead atoms. The average Bonchev–Trinajstić information content (AvgIpc) is 3.01. The number of aromatic nitrogens is 1. The number of carbonyl (C=O) groups excluding carboxylic acids is 1. The zero-order valence-corrected chi connectivity index (χ0v) is 27.5. The highest BCUT2D eigenvalue weighted by molar-refractivity contribution is 9.09. The molecule has 1 heterocycles. The standard InChI is InChI=1S/C35H39BrF2N2O5/c1-4-39(26-17-24(37)16-25(38)18-26)35(42)32-23-40(27-19-29(43-5-2)21-30(20-27)44-6-3)33-22-28(12-13-31(33)34(32)41)45-15-11-9-7-8-10-14-36/h12-13,16-23H,4-11,14-15H2,1-3H3. The average molecular weight is 686 g/mol. The summed E-state index contributed by atoms with van der Waals surface area (Å²) in [6, 6.07) is 13.4. The molecule has 0 aliphatic rings. The number of anilines is 1. The Kier molecular flexibility index (Phi) is 12.4. The summed E-state index contributed by atoms with van der Waals surface area (Å²) >= 11 is 3.46. The predicted octanol–water partition coefficient (Wildman–Crippen LogP) is 8.46. The summed E-state index contributed by atoms with van der Waals surface area (Å²) in [4.78, 5) is 29.0. The van der Waals surface area contributed by atoms with Gasteiger partial charge < -0.3 is 23.7 Å². The lowest BCUT2D eigenvalue weighted by molar-refractivity contribution is 0.0987. The maximum atomic E-state index is 14.1. The highest BCUT2D eigenvalue weighted by Crippen LogP contribution is 2.30. The largest absolute Gasteiger partial charge is 0.494 e. The van der Waals surface area contributed by atoms with Gasteiger partial charge in [-0.05, 0) is 57.9 Å². The van der Waals surface area contributed by atoms with Crippen LogP contribution in [-0.2, 0) is 0 Å². The Balaban J connectivity index is 1.82. The quantitative estimate of drug-likeness (QED) is 0.0875. The number of carbonyl (C=O) groups is 1. The molecule has 0 aliphatic carbocycles.